The maximum absolute atomic E-state index is 10.8. The normalized spacial score (nSPS) is 10.3. The minimum absolute atomic E-state index is 0.0351. The van der Waals surface area contributed by atoms with E-state index < -0.39 is 4.92 Å². The first-order valence-electron chi connectivity index (χ1n) is 4.34. The number of nitrogens with zero attached hydrogens (tertiary/aromatic N) is 3. The van der Waals surface area contributed by atoms with E-state index in [1.165, 1.54) is 29.4 Å². The fourth-order valence-corrected chi connectivity index (χ4v) is 2.24. The Morgan fingerprint density at radius 2 is 2.19 bits per heavy atom. The van der Waals surface area contributed by atoms with E-state index in [0.717, 1.165) is 4.34 Å². The largest absolute Gasteiger partial charge is 0.280 e. The molecule has 0 atom stereocenters. The van der Waals surface area contributed by atoms with E-state index in [1.54, 1.807) is 18.2 Å². The van der Waals surface area contributed by atoms with Crippen LogP contribution in [0, 0.1) is 10.1 Å². The molecule has 82 valence electrons. The molecule has 5 nitrogen and oxygen atoms in total. The van der Waals surface area contributed by atoms with Crippen LogP contribution in [0.2, 0.25) is 0 Å². The second-order valence-corrected chi connectivity index (χ2v) is 4.67. The number of hydrogen-bond donors (Lipinski definition) is 0. The average Bonchev–Trinajstić information content (AvgIpc) is 2.77. The van der Waals surface area contributed by atoms with E-state index >= 15 is 0 Å². The van der Waals surface area contributed by atoms with Gasteiger partial charge in [0.25, 0.3) is 5.69 Å². The van der Waals surface area contributed by atoms with E-state index in [0.29, 0.717) is 11.4 Å². The highest BCUT2D eigenvalue weighted by Gasteiger charge is 2.17. The zero-order valence-electron chi connectivity index (χ0n) is 8.28. The summed E-state index contributed by atoms with van der Waals surface area (Å²) in [6.45, 7) is 0. The van der Waals surface area contributed by atoms with Crippen LogP contribution in [-0.2, 0) is 0 Å². The molecule has 0 unspecified atom stereocenters. The summed E-state index contributed by atoms with van der Waals surface area (Å²) in [5.74, 6) is 0.418. The lowest BCUT2D eigenvalue weighted by atomic mass is 10.2. The third-order valence-electron chi connectivity index (χ3n) is 1.92. The summed E-state index contributed by atoms with van der Waals surface area (Å²) in [5.41, 5.74) is 0.497. The van der Waals surface area contributed by atoms with Gasteiger partial charge in [0.15, 0.2) is 10.2 Å². The van der Waals surface area contributed by atoms with Gasteiger partial charge in [-0.1, -0.05) is 23.9 Å². The molecule has 1 aromatic carbocycles. The molecule has 0 radical (unpaired) electrons. The van der Waals surface area contributed by atoms with Gasteiger partial charge in [-0.3, -0.25) is 10.1 Å². The first-order chi connectivity index (χ1) is 7.72. The average molecular weight is 253 g/mol. The van der Waals surface area contributed by atoms with Crippen molar-refractivity contribution in [1.29, 1.82) is 0 Å². The van der Waals surface area contributed by atoms with E-state index in [1.807, 2.05) is 6.26 Å². The second-order valence-electron chi connectivity index (χ2n) is 2.86. The van der Waals surface area contributed by atoms with Crippen LogP contribution in [0.15, 0.2) is 28.6 Å². The lowest BCUT2D eigenvalue weighted by Gasteiger charge is -1.96. The quantitative estimate of drug-likeness (QED) is 0.478. The summed E-state index contributed by atoms with van der Waals surface area (Å²) in [6.07, 6.45) is 1.89. The summed E-state index contributed by atoms with van der Waals surface area (Å²) in [5, 5.41) is 10.8. The maximum Gasteiger partial charge on any atom is 0.280 e. The van der Waals surface area contributed by atoms with Crippen molar-refractivity contribution in [2.45, 2.75) is 4.34 Å². The minimum Gasteiger partial charge on any atom is -0.258 e. The van der Waals surface area contributed by atoms with Crippen molar-refractivity contribution in [3.63, 3.8) is 0 Å². The number of benzene rings is 1. The standard InChI is InChI=1S/C9H7N3O2S2/c1-15-9-10-8(11-16-9)6-4-2-3-5-7(6)12(13)14/h2-5H,1H3. The number of para-hydroxylation sites is 1. The smallest absolute Gasteiger partial charge is 0.258 e. The zero-order chi connectivity index (χ0) is 11.5. The van der Waals surface area contributed by atoms with Gasteiger partial charge in [0.2, 0.25) is 0 Å². The molecule has 2 rings (SSSR count). The number of rotatable bonds is 3. The van der Waals surface area contributed by atoms with Crippen LogP contribution in [-0.4, -0.2) is 20.5 Å². The van der Waals surface area contributed by atoms with E-state index in [4.69, 9.17) is 0 Å². The molecule has 0 bridgehead atoms. The first-order valence-corrected chi connectivity index (χ1v) is 6.33. The van der Waals surface area contributed by atoms with Gasteiger partial charge in [-0.05, 0) is 23.9 Å². The minimum atomic E-state index is -0.422. The van der Waals surface area contributed by atoms with Gasteiger partial charge < -0.3 is 0 Å². The first kappa shape index (κ1) is 11.0. The Balaban J connectivity index is 2.50. The van der Waals surface area contributed by atoms with Gasteiger partial charge in [-0.15, -0.1) is 0 Å². The summed E-state index contributed by atoms with van der Waals surface area (Å²) >= 11 is 2.72. The Bertz CT molecular complexity index is 527. The number of nitro benzene ring substituents is 1. The molecule has 0 spiro atoms. The second kappa shape index (κ2) is 4.58. The van der Waals surface area contributed by atoms with Crippen LogP contribution in [0.1, 0.15) is 0 Å². The zero-order valence-corrected chi connectivity index (χ0v) is 9.92. The van der Waals surface area contributed by atoms with Gasteiger partial charge in [0.1, 0.15) is 0 Å². The van der Waals surface area contributed by atoms with Crippen LogP contribution < -0.4 is 0 Å². The highest BCUT2D eigenvalue weighted by molar-refractivity contribution is 8.00. The van der Waals surface area contributed by atoms with Crippen molar-refractivity contribution < 1.29 is 4.92 Å². The molecule has 1 heterocycles. The Morgan fingerprint density at radius 3 is 2.81 bits per heavy atom. The molecule has 0 amide bonds. The van der Waals surface area contributed by atoms with E-state index in [2.05, 4.69) is 9.36 Å². The maximum atomic E-state index is 10.8. The predicted octanol–water partition coefficient (Wildman–Crippen LogP) is 2.84. The molecule has 16 heavy (non-hydrogen) atoms. The summed E-state index contributed by atoms with van der Waals surface area (Å²) in [4.78, 5) is 14.6. The number of thioether (sulfide) groups is 1. The van der Waals surface area contributed by atoms with Crippen LogP contribution in [0.25, 0.3) is 11.4 Å². The molecule has 0 aliphatic rings. The molecular weight excluding hydrogens is 246 g/mol. The molecule has 0 fully saturated rings. The Kier molecular flexibility index (Phi) is 3.16. The van der Waals surface area contributed by atoms with Crippen molar-refractivity contribution in [2.75, 3.05) is 6.26 Å². The predicted molar refractivity (Wildman–Crippen MR) is 63.8 cm³/mol. The van der Waals surface area contributed by atoms with Crippen molar-refractivity contribution in [2.24, 2.45) is 0 Å². The van der Waals surface area contributed by atoms with Crippen molar-refractivity contribution in [3.8, 4) is 11.4 Å². The summed E-state index contributed by atoms with van der Waals surface area (Å²) < 4.78 is 4.90. The fraction of sp³-hybridized carbons (Fsp3) is 0.111. The fourth-order valence-electron chi connectivity index (χ4n) is 1.22. The third-order valence-corrected chi connectivity index (χ3v) is 3.60. The highest BCUT2D eigenvalue weighted by Crippen LogP contribution is 2.29. The SMILES string of the molecule is CSc1nc(-c2ccccc2[N+](=O)[O-])ns1. The van der Waals surface area contributed by atoms with Gasteiger partial charge in [0, 0.05) is 6.07 Å². The monoisotopic (exact) mass is 253 g/mol. The van der Waals surface area contributed by atoms with Crippen LogP contribution in [0.3, 0.4) is 0 Å². The Labute approximate surface area is 99.9 Å². The van der Waals surface area contributed by atoms with E-state index in [9.17, 15) is 10.1 Å². The number of hydrogen-bond acceptors (Lipinski definition) is 6. The van der Waals surface area contributed by atoms with Crippen LogP contribution >= 0.6 is 23.3 Å². The summed E-state index contributed by atoms with van der Waals surface area (Å²) in [6, 6.07) is 6.48. The Morgan fingerprint density at radius 1 is 1.44 bits per heavy atom. The number of aromatic nitrogens is 2. The molecule has 0 saturated heterocycles. The van der Waals surface area contributed by atoms with Gasteiger partial charge in [-0.25, -0.2) is 4.98 Å². The third kappa shape index (κ3) is 2.05. The topological polar surface area (TPSA) is 68.9 Å². The van der Waals surface area contributed by atoms with Crippen LogP contribution in [0.5, 0.6) is 0 Å². The summed E-state index contributed by atoms with van der Waals surface area (Å²) in [7, 11) is 0. The lowest BCUT2D eigenvalue weighted by Crippen LogP contribution is -1.92. The van der Waals surface area contributed by atoms with Crippen molar-refractivity contribution in [1.82, 2.24) is 9.36 Å². The van der Waals surface area contributed by atoms with Crippen molar-refractivity contribution in [3.05, 3.63) is 34.4 Å². The van der Waals surface area contributed by atoms with Gasteiger partial charge in [-0.2, -0.15) is 4.37 Å². The van der Waals surface area contributed by atoms with Crippen molar-refractivity contribution >= 4 is 29.0 Å². The molecule has 7 heteroatoms. The molecule has 0 saturated carbocycles. The number of nitro groups is 1. The molecule has 0 aliphatic carbocycles. The van der Waals surface area contributed by atoms with E-state index in [-0.39, 0.29) is 5.69 Å². The van der Waals surface area contributed by atoms with Crippen LogP contribution in [0.4, 0.5) is 5.69 Å². The molecule has 0 aliphatic heterocycles. The lowest BCUT2D eigenvalue weighted by molar-refractivity contribution is -0.384. The van der Waals surface area contributed by atoms with Gasteiger partial charge in [0.05, 0.1) is 10.5 Å². The molecule has 1 aromatic heterocycles. The molecular formula is C9H7N3O2S2. The van der Waals surface area contributed by atoms with Gasteiger partial charge >= 0.3 is 0 Å². The Hall–Kier alpha value is -1.47. The highest BCUT2D eigenvalue weighted by atomic mass is 32.2. The molecule has 0 N–H and O–H groups in total. The molecule has 2 aromatic rings.